The number of aryl methyl sites for hydroxylation is 1. The maximum atomic E-state index is 11.2. The molecule has 1 aliphatic rings. The van der Waals surface area contributed by atoms with Crippen LogP contribution in [-0.2, 0) is 10.2 Å². The highest BCUT2D eigenvalue weighted by atomic mass is 35.5. The van der Waals surface area contributed by atoms with Crippen molar-refractivity contribution in [3.63, 3.8) is 0 Å². The van der Waals surface area contributed by atoms with Crippen LogP contribution in [0.1, 0.15) is 29.5 Å². The number of carbonyl (C=O) groups is 1. The van der Waals surface area contributed by atoms with Crippen molar-refractivity contribution >= 4 is 17.6 Å². The number of hydrogen-bond acceptors (Lipinski definition) is 1. The summed E-state index contributed by atoms with van der Waals surface area (Å²) in [6, 6.07) is 3.72. The second kappa shape index (κ2) is 3.24. The molecule has 1 aromatic carbocycles. The Labute approximate surface area is 93.9 Å². The Bertz CT molecular complexity index is 433. The topological polar surface area (TPSA) is 37.3 Å². The predicted octanol–water partition coefficient (Wildman–Crippen LogP) is 3.07. The molecule has 0 amide bonds. The smallest absolute Gasteiger partial charge is 0.314 e. The molecule has 0 saturated heterocycles. The minimum atomic E-state index is -0.752. The van der Waals surface area contributed by atoms with Crippen molar-refractivity contribution in [3.05, 3.63) is 33.8 Å². The lowest BCUT2D eigenvalue weighted by Gasteiger charge is -2.17. The molecule has 0 spiro atoms. The second-order valence-corrected chi connectivity index (χ2v) is 4.66. The summed E-state index contributed by atoms with van der Waals surface area (Å²) in [6.07, 6.45) is 1.40. The standard InChI is InChI=1S/C12H13ClO2/c1-7-3-4-9(13)10(8(7)2)12(5-6-12)11(14)15/h3-4H,5-6H2,1-2H3,(H,14,15). The van der Waals surface area contributed by atoms with Gasteiger partial charge in [0.05, 0.1) is 5.41 Å². The summed E-state index contributed by atoms with van der Waals surface area (Å²) in [5.41, 5.74) is 2.23. The molecule has 0 unspecified atom stereocenters. The SMILES string of the molecule is Cc1ccc(Cl)c(C2(C(=O)O)CC2)c1C. The minimum absolute atomic E-state index is 0.581. The minimum Gasteiger partial charge on any atom is -0.481 e. The number of hydrogen-bond donors (Lipinski definition) is 1. The molecule has 2 rings (SSSR count). The van der Waals surface area contributed by atoms with Crippen LogP contribution in [0.3, 0.4) is 0 Å². The van der Waals surface area contributed by atoms with Crippen LogP contribution in [-0.4, -0.2) is 11.1 Å². The first-order valence-corrected chi connectivity index (χ1v) is 5.36. The van der Waals surface area contributed by atoms with E-state index >= 15 is 0 Å². The van der Waals surface area contributed by atoms with Gasteiger partial charge in [0, 0.05) is 5.02 Å². The van der Waals surface area contributed by atoms with Crippen LogP contribution in [0.4, 0.5) is 0 Å². The molecular formula is C12H13ClO2. The Balaban J connectivity index is 2.62. The molecule has 0 radical (unpaired) electrons. The van der Waals surface area contributed by atoms with Crippen molar-refractivity contribution in [3.8, 4) is 0 Å². The zero-order valence-corrected chi connectivity index (χ0v) is 9.56. The second-order valence-electron chi connectivity index (χ2n) is 4.25. The summed E-state index contributed by atoms with van der Waals surface area (Å²) in [5.74, 6) is -0.752. The Morgan fingerprint density at radius 2 is 2.00 bits per heavy atom. The van der Waals surface area contributed by atoms with Gasteiger partial charge in [0.15, 0.2) is 0 Å². The van der Waals surface area contributed by atoms with E-state index in [9.17, 15) is 9.90 Å². The number of rotatable bonds is 2. The van der Waals surface area contributed by atoms with Crippen LogP contribution in [0.2, 0.25) is 5.02 Å². The highest BCUT2D eigenvalue weighted by Crippen LogP contribution is 2.52. The average molecular weight is 225 g/mol. The third-order valence-electron chi connectivity index (χ3n) is 3.32. The van der Waals surface area contributed by atoms with Gasteiger partial charge in [-0.1, -0.05) is 17.7 Å². The monoisotopic (exact) mass is 224 g/mol. The molecule has 0 atom stereocenters. The van der Waals surface area contributed by atoms with Gasteiger partial charge in [0.1, 0.15) is 0 Å². The lowest BCUT2D eigenvalue weighted by atomic mass is 9.89. The first kappa shape index (κ1) is 10.5. The van der Waals surface area contributed by atoms with Crippen molar-refractivity contribution in [2.75, 3.05) is 0 Å². The molecule has 1 aromatic rings. The molecule has 0 bridgehead atoms. The van der Waals surface area contributed by atoms with Gasteiger partial charge in [-0.15, -0.1) is 0 Å². The summed E-state index contributed by atoms with van der Waals surface area (Å²) < 4.78 is 0. The molecule has 3 heteroatoms. The fourth-order valence-corrected chi connectivity index (χ4v) is 2.45. The van der Waals surface area contributed by atoms with Crippen LogP contribution in [0, 0.1) is 13.8 Å². The van der Waals surface area contributed by atoms with Gasteiger partial charge in [-0.05, 0) is 49.4 Å². The molecule has 1 saturated carbocycles. The maximum Gasteiger partial charge on any atom is 0.314 e. The van der Waals surface area contributed by atoms with E-state index in [1.807, 2.05) is 19.9 Å². The van der Waals surface area contributed by atoms with Crippen molar-refractivity contribution in [1.82, 2.24) is 0 Å². The molecule has 0 aliphatic heterocycles. The van der Waals surface area contributed by atoms with Gasteiger partial charge in [-0.25, -0.2) is 0 Å². The summed E-state index contributed by atoms with van der Waals surface area (Å²) >= 11 is 6.11. The molecule has 1 N–H and O–H groups in total. The Hall–Kier alpha value is -1.02. The van der Waals surface area contributed by atoms with Gasteiger partial charge >= 0.3 is 5.97 Å². The summed E-state index contributed by atoms with van der Waals surface area (Å²) in [4.78, 5) is 11.2. The summed E-state index contributed by atoms with van der Waals surface area (Å²) in [6.45, 7) is 3.92. The first-order chi connectivity index (χ1) is 6.99. The third kappa shape index (κ3) is 1.44. The Kier molecular flexibility index (Phi) is 2.27. The van der Waals surface area contributed by atoms with E-state index in [0.29, 0.717) is 17.9 Å². The quantitative estimate of drug-likeness (QED) is 0.838. The molecule has 2 nitrogen and oxygen atoms in total. The van der Waals surface area contributed by atoms with Crippen molar-refractivity contribution in [1.29, 1.82) is 0 Å². The van der Waals surface area contributed by atoms with Crippen LogP contribution in [0.15, 0.2) is 12.1 Å². The number of benzene rings is 1. The maximum absolute atomic E-state index is 11.2. The van der Waals surface area contributed by atoms with E-state index in [4.69, 9.17) is 11.6 Å². The van der Waals surface area contributed by atoms with Gasteiger partial charge in [-0.2, -0.15) is 0 Å². The van der Waals surface area contributed by atoms with E-state index < -0.39 is 11.4 Å². The summed E-state index contributed by atoms with van der Waals surface area (Å²) in [5, 5.41) is 9.82. The molecule has 0 heterocycles. The van der Waals surface area contributed by atoms with E-state index in [2.05, 4.69) is 0 Å². The molecule has 80 valence electrons. The van der Waals surface area contributed by atoms with Crippen LogP contribution >= 0.6 is 11.6 Å². The third-order valence-corrected chi connectivity index (χ3v) is 3.64. The lowest BCUT2D eigenvalue weighted by Crippen LogP contribution is -2.21. The zero-order chi connectivity index (χ0) is 11.2. The largest absolute Gasteiger partial charge is 0.481 e. The first-order valence-electron chi connectivity index (χ1n) is 4.98. The van der Waals surface area contributed by atoms with E-state index in [0.717, 1.165) is 16.7 Å². The highest BCUT2D eigenvalue weighted by molar-refractivity contribution is 6.32. The fraction of sp³-hybridized carbons (Fsp3) is 0.417. The van der Waals surface area contributed by atoms with E-state index in [1.165, 1.54) is 0 Å². The van der Waals surface area contributed by atoms with Crippen molar-refractivity contribution in [2.45, 2.75) is 32.1 Å². The van der Waals surface area contributed by atoms with E-state index in [-0.39, 0.29) is 0 Å². The van der Waals surface area contributed by atoms with Crippen molar-refractivity contribution < 1.29 is 9.90 Å². The summed E-state index contributed by atoms with van der Waals surface area (Å²) in [7, 11) is 0. The Morgan fingerprint density at radius 1 is 1.40 bits per heavy atom. The van der Waals surface area contributed by atoms with Gasteiger partial charge < -0.3 is 5.11 Å². The van der Waals surface area contributed by atoms with Crippen LogP contribution < -0.4 is 0 Å². The average Bonchev–Trinajstić information content (AvgIpc) is 2.93. The zero-order valence-electron chi connectivity index (χ0n) is 8.80. The Morgan fingerprint density at radius 3 is 2.47 bits per heavy atom. The lowest BCUT2D eigenvalue weighted by molar-refractivity contribution is -0.140. The van der Waals surface area contributed by atoms with Gasteiger partial charge in [0.25, 0.3) is 0 Å². The van der Waals surface area contributed by atoms with Gasteiger partial charge in [0.2, 0.25) is 0 Å². The molecule has 1 aliphatic carbocycles. The number of carboxylic acids is 1. The normalized spacial score (nSPS) is 17.5. The number of aliphatic carboxylic acids is 1. The molecule has 15 heavy (non-hydrogen) atoms. The van der Waals surface area contributed by atoms with Gasteiger partial charge in [-0.3, -0.25) is 4.79 Å². The van der Waals surface area contributed by atoms with E-state index in [1.54, 1.807) is 6.07 Å². The fourth-order valence-electron chi connectivity index (χ4n) is 2.07. The molecule has 1 fully saturated rings. The van der Waals surface area contributed by atoms with Crippen LogP contribution in [0.5, 0.6) is 0 Å². The van der Waals surface area contributed by atoms with Crippen molar-refractivity contribution in [2.24, 2.45) is 0 Å². The number of halogens is 1. The number of carboxylic acid groups (broad SMARTS) is 1. The highest BCUT2D eigenvalue weighted by Gasteiger charge is 2.53. The molecular weight excluding hydrogens is 212 g/mol. The predicted molar refractivity (Wildman–Crippen MR) is 59.5 cm³/mol. The van der Waals surface area contributed by atoms with Crippen LogP contribution in [0.25, 0.3) is 0 Å². The molecule has 0 aromatic heterocycles.